The zero-order valence-electron chi connectivity index (χ0n) is 11.1. The van der Waals surface area contributed by atoms with E-state index in [9.17, 15) is 14.0 Å². The maximum atomic E-state index is 13.1. The van der Waals surface area contributed by atoms with Gasteiger partial charge < -0.3 is 21.1 Å². The third-order valence-electron chi connectivity index (χ3n) is 2.22. The van der Waals surface area contributed by atoms with Gasteiger partial charge in [0, 0.05) is 13.1 Å². The van der Waals surface area contributed by atoms with Crippen LogP contribution in [0, 0.1) is 5.82 Å². The van der Waals surface area contributed by atoms with Crippen LogP contribution in [0.4, 0.5) is 10.2 Å². The van der Waals surface area contributed by atoms with E-state index in [0.717, 1.165) is 12.3 Å². The molecule has 0 fully saturated rings. The molecule has 0 atom stereocenters. The predicted octanol–water partition coefficient (Wildman–Crippen LogP) is -0.116. The second-order valence-corrected chi connectivity index (χ2v) is 3.85. The number of carbonyl (C=O) groups excluding carboxylic acids is 2. The Hall–Kier alpha value is -2.22. The molecule has 0 radical (unpaired) electrons. The first kappa shape index (κ1) is 15.8. The van der Waals surface area contributed by atoms with E-state index >= 15 is 0 Å². The van der Waals surface area contributed by atoms with Crippen LogP contribution in [0.1, 0.15) is 17.3 Å². The number of carbonyl (C=O) groups is 2. The second kappa shape index (κ2) is 8.05. The largest absolute Gasteiger partial charge is 0.370 e. The maximum Gasteiger partial charge on any atom is 0.255 e. The number of amides is 2. The molecular formula is C12H17FN4O3. The van der Waals surface area contributed by atoms with Crippen LogP contribution in [0.15, 0.2) is 12.3 Å². The zero-order chi connectivity index (χ0) is 15.0. The number of pyridine rings is 1. The Morgan fingerprint density at radius 2 is 2.25 bits per heavy atom. The molecule has 1 heterocycles. The number of nitrogens with one attached hydrogen (secondary N) is 2. The molecule has 8 heteroatoms. The standard InChI is InChI=1S/C12H17FN4O3/c1-2-15-11-9(5-8(13)6-17-11)12(19)16-3-4-20-7-10(14)18/h5-6H,2-4,7H2,1H3,(H2,14,18)(H,15,17)(H,16,19). The minimum Gasteiger partial charge on any atom is -0.370 e. The first-order valence-electron chi connectivity index (χ1n) is 6.08. The van der Waals surface area contributed by atoms with Crippen molar-refractivity contribution >= 4 is 17.6 Å². The number of anilines is 1. The van der Waals surface area contributed by atoms with Crippen LogP contribution < -0.4 is 16.4 Å². The highest BCUT2D eigenvalue weighted by molar-refractivity contribution is 5.98. The van der Waals surface area contributed by atoms with E-state index in [4.69, 9.17) is 10.5 Å². The summed E-state index contributed by atoms with van der Waals surface area (Å²) < 4.78 is 18.0. The number of primary amides is 1. The molecular weight excluding hydrogens is 267 g/mol. The molecule has 1 aromatic rings. The summed E-state index contributed by atoms with van der Waals surface area (Å²) in [6.07, 6.45) is 1.03. The predicted molar refractivity (Wildman–Crippen MR) is 70.7 cm³/mol. The average molecular weight is 284 g/mol. The lowest BCUT2D eigenvalue weighted by Gasteiger charge is -2.10. The highest BCUT2D eigenvalue weighted by atomic mass is 19.1. The van der Waals surface area contributed by atoms with Crippen LogP contribution in [0.3, 0.4) is 0 Å². The molecule has 0 unspecified atom stereocenters. The first-order valence-corrected chi connectivity index (χ1v) is 6.08. The molecule has 0 spiro atoms. The average Bonchev–Trinajstić information content (AvgIpc) is 2.40. The Morgan fingerprint density at radius 1 is 1.50 bits per heavy atom. The molecule has 0 aliphatic carbocycles. The van der Waals surface area contributed by atoms with Gasteiger partial charge in [-0.2, -0.15) is 0 Å². The third-order valence-corrected chi connectivity index (χ3v) is 2.22. The highest BCUT2D eigenvalue weighted by Crippen LogP contribution is 2.13. The van der Waals surface area contributed by atoms with Crippen molar-refractivity contribution in [2.24, 2.45) is 5.73 Å². The molecule has 2 amide bonds. The number of rotatable bonds is 8. The van der Waals surface area contributed by atoms with Crippen molar-refractivity contribution in [3.05, 3.63) is 23.6 Å². The van der Waals surface area contributed by atoms with E-state index in [1.165, 1.54) is 0 Å². The van der Waals surface area contributed by atoms with Gasteiger partial charge in [-0.25, -0.2) is 9.37 Å². The Bertz CT molecular complexity index is 482. The summed E-state index contributed by atoms with van der Waals surface area (Å²) in [6.45, 7) is 2.49. The van der Waals surface area contributed by atoms with E-state index in [0.29, 0.717) is 12.4 Å². The number of ether oxygens (including phenoxy) is 1. The maximum absolute atomic E-state index is 13.1. The molecule has 7 nitrogen and oxygen atoms in total. The van der Waals surface area contributed by atoms with Gasteiger partial charge in [0.05, 0.1) is 18.4 Å². The van der Waals surface area contributed by atoms with Crippen molar-refractivity contribution in [2.45, 2.75) is 6.92 Å². The third kappa shape index (κ3) is 5.19. The molecule has 20 heavy (non-hydrogen) atoms. The lowest BCUT2D eigenvalue weighted by molar-refractivity contribution is -0.122. The summed E-state index contributed by atoms with van der Waals surface area (Å²) in [5.74, 6) is -1.35. The van der Waals surface area contributed by atoms with Gasteiger partial charge in [-0.1, -0.05) is 0 Å². The molecule has 0 bridgehead atoms. The first-order chi connectivity index (χ1) is 9.54. The van der Waals surface area contributed by atoms with Crippen LogP contribution in [-0.4, -0.2) is 43.1 Å². The molecule has 110 valence electrons. The second-order valence-electron chi connectivity index (χ2n) is 3.85. The highest BCUT2D eigenvalue weighted by Gasteiger charge is 2.13. The summed E-state index contributed by atoms with van der Waals surface area (Å²) in [4.78, 5) is 26.1. The molecule has 0 saturated heterocycles. The smallest absolute Gasteiger partial charge is 0.255 e. The van der Waals surface area contributed by atoms with Crippen LogP contribution in [-0.2, 0) is 9.53 Å². The van der Waals surface area contributed by atoms with Crippen molar-refractivity contribution in [3.8, 4) is 0 Å². The number of aromatic nitrogens is 1. The number of hydrogen-bond donors (Lipinski definition) is 3. The fourth-order valence-electron chi connectivity index (χ4n) is 1.43. The molecule has 0 aliphatic heterocycles. The van der Waals surface area contributed by atoms with E-state index in [2.05, 4.69) is 15.6 Å². The van der Waals surface area contributed by atoms with E-state index in [1.54, 1.807) is 0 Å². The summed E-state index contributed by atoms with van der Waals surface area (Å²) in [7, 11) is 0. The van der Waals surface area contributed by atoms with Gasteiger partial charge in [0.2, 0.25) is 5.91 Å². The SMILES string of the molecule is CCNc1ncc(F)cc1C(=O)NCCOCC(N)=O. The Kier molecular flexibility index (Phi) is 6.38. The van der Waals surface area contributed by atoms with Crippen LogP contribution in [0.25, 0.3) is 0 Å². The Balaban J connectivity index is 2.53. The van der Waals surface area contributed by atoms with Crippen molar-refractivity contribution in [1.82, 2.24) is 10.3 Å². The summed E-state index contributed by atoms with van der Waals surface area (Å²) in [5, 5.41) is 5.41. The number of hydrogen-bond acceptors (Lipinski definition) is 5. The molecule has 0 aliphatic rings. The molecule has 1 rings (SSSR count). The van der Waals surface area contributed by atoms with Gasteiger partial charge >= 0.3 is 0 Å². The van der Waals surface area contributed by atoms with Crippen LogP contribution >= 0.6 is 0 Å². The summed E-state index contributed by atoms with van der Waals surface area (Å²) >= 11 is 0. The van der Waals surface area contributed by atoms with Gasteiger partial charge in [-0.05, 0) is 13.0 Å². The summed E-state index contributed by atoms with van der Waals surface area (Å²) in [5.41, 5.74) is 5.00. The molecule has 1 aromatic heterocycles. The van der Waals surface area contributed by atoms with Gasteiger partial charge in [0.15, 0.2) is 0 Å². The number of nitrogens with zero attached hydrogens (tertiary/aromatic N) is 1. The molecule has 0 saturated carbocycles. The van der Waals surface area contributed by atoms with Crippen molar-refractivity contribution < 1.29 is 18.7 Å². The zero-order valence-corrected chi connectivity index (χ0v) is 11.1. The lowest BCUT2D eigenvalue weighted by atomic mass is 10.2. The minimum atomic E-state index is -0.596. The van der Waals surface area contributed by atoms with Crippen molar-refractivity contribution in [3.63, 3.8) is 0 Å². The fraction of sp³-hybridized carbons (Fsp3) is 0.417. The van der Waals surface area contributed by atoms with Gasteiger partial charge in [0.25, 0.3) is 5.91 Å². The Morgan fingerprint density at radius 3 is 2.90 bits per heavy atom. The molecule has 0 aromatic carbocycles. The minimum absolute atomic E-state index is 0.113. The van der Waals surface area contributed by atoms with Crippen molar-refractivity contribution in [2.75, 3.05) is 31.6 Å². The lowest BCUT2D eigenvalue weighted by Crippen LogP contribution is -2.29. The Labute approximate surface area is 115 Å². The topological polar surface area (TPSA) is 106 Å². The normalized spacial score (nSPS) is 10.1. The fourth-order valence-corrected chi connectivity index (χ4v) is 1.43. The van der Waals surface area contributed by atoms with Gasteiger partial charge in [-0.3, -0.25) is 9.59 Å². The van der Waals surface area contributed by atoms with Gasteiger partial charge in [-0.15, -0.1) is 0 Å². The number of nitrogens with two attached hydrogens (primary N) is 1. The van der Waals surface area contributed by atoms with E-state index in [-0.39, 0.29) is 25.3 Å². The van der Waals surface area contributed by atoms with Crippen LogP contribution in [0.5, 0.6) is 0 Å². The quantitative estimate of drug-likeness (QED) is 0.577. The van der Waals surface area contributed by atoms with Gasteiger partial charge in [0.1, 0.15) is 18.2 Å². The van der Waals surface area contributed by atoms with E-state index in [1.807, 2.05) is 6.92 Å². The molecule has 4 N–H and O–H groups in total. The van der Waals surface area contributed by atoms with Crippen molar-refractivity contribution in [1.29, 1.82) is 0 Å². The van der Waals surface area contributed by atoms with Crippen LogP contribution in [0.2, 0.25) is 0 Å². The van der Waals surface area contributed by atoms with E-state index < -0.39 is 17.6 Å². The number of halogens is 1. The monoisotopic (exact) mass is 284 g/mol. The summed E-state index contributed by atoms with van der Waals surface area (Å²) in [6, 6.07) is 1.10.